The van der Waals surface area contributed by atoms with E-state index in [4.69, 9.17) is 9.15 Å². The first-order valence-electron chi connectivity index (χ1n) is 10.7. The second kappa shape index (κ2) is 9.63. The zero-order valence-corrected chi connectivity index (χ0v) is 18.4. The number of morpholine rings is 1. The number of anilines is 3. The number of fused-ring (bicyclic) bond motifs is 1. The van der Waals surface area contributed by atoms with E-state index in [2.05, 4.69) is 35.8 Å². The zero-order chi connectivity index (χ0) is 23.3. The summed E-state index contributed by atoms with van der Waals surface area (Å²) in [6, 6.07) is 13.1. The van der Waals surface area contributed by atoms with Gasteiger partial charge in [-0.05, 0) is 24.6 Å². The summed E-state index contributed by atoms with van der Waals surface area (Å²) in [5.41, 5.74) is 5.50. The van der Waals surface area contributed by atoms with Crippen molar-refractivity contribution in [3.8, 4) is 0 Å². The first-order valence-corrected chi connectivity index (χ1v) is 10.7. The van der Waals surface area contributed by atoms with Gasteiger partial charge < -0.3 is 19.4 Å². The zero-order valence-electron chi connectivity index (χ0n) is 18.4. The number of carbonyl (C=O) groups is 1. The molecule has 172 valence electrons. The first kappa shape index (κ1) is 21.5. The molecule has 5 rings (SSSR count). The van der Waals surface area contributed by atoms with Crippen molar-refractivity contribution < 1.29 is 13.9 Å². The van der Waals surface area contributed by atoms with E-state index in [-0.39, 0.29) is 17.5 Å². The van der Waals surface area contributed by atoms with E-state index < -0.39 is 5.91 Å². The van der Waals surface area contributed by atoms with Gasteiger partial charge >= 0.3 is 5.91 Å². The van der Waals surface area contributed by atoms with Gasteiger partial charge in [0.2, 0.25) is 17.2 Å². The number of oxazole rings is 1. The SMILES string of the molecule is Cc1cccc(/C=N/Nc2nc(N3CCOCC3)c3oc(C(=O)Nc4ccccn4)nc3n2)c1. The summed E-state index contributed by atoms with van der Waals surface area (Å²) in [6.45, 7) is 4.37. The lowest BCUT2D eigenvalue weighted by Gasteiger charge is -2.27. The van der Waals surface area contributed by atoms with Crippen LogP contribution in [-0.4, -0.2) is 58.4 Å². The van der Waals surface area contributed by atoms with Crippen LogP contribution >= 0.6 is 0 Å². The predicted molar refractivity (Wildman–Crippen MR) is 127 cm³/mol. The van der Waals surface area contributed by atoms with E-state index >= 15 is 0 Å². The molecule has 11 nitrogen and oxygen atoms in total. The summed E-state index contributed by atoms with van der Waals surface area (Å²) in [5, 5.41) is 6.92. The van der Waals surface area contributed by atoms with E-state index in [0.29, 0.717) is 43.5 Å². The molecule has 1 aliphatic heterocycles. The van der Waals surface area contributed by atoms with Crippen LogP contribution in [0.1, 0.15) is 21.8 Å². The molecule has 11 heteroatoms. The number of rotatable bonds is 6. The molecule has 1 amide bonds. The molecule has 1 fully saturated rings. The molecule has 0 aliphatic carbocycles. The summed E-state index contributed by atoms with van der Waals surface area (Å²) in [5.74, 6) is 0.484. The average Bonchev–Trinajstić information content (AvgIpc) is 3.29. The monoisotopic (exact) mass is 458 g/mol. The van der Waals surface area contributed by atoms with Crippen molar-refractivity contribution in [1.82, 2.24) is 19.9 Å². The van der Waals surface area contributed by atoms with Gasteiger partial charge in [-0.3, -0.25) is 4.79 Å². The van der Waals surface area contributed by atoms with Gasteiger partial charge in [-0.25, -0.2) is 10.4 Å². The summed E-state index contributed by atoms with van der Waals surface area (Å²) in [7, 11) is 0. The fraction of sp³-hybridized carbons (Fsp3) is 0.217. The van der Waals surface area contributed by atoms with Crippen LogP contribution in [0, 0.1) is 6.92 Å². The molecule has 4 heterocycles. The van der Waals surface area contributed by atoms with Crippen molar-refractivity contribution >= 4 is 40.9 Å². The van der Waals surface area contributed by atoms with Crippen LogP contribution in [0.15, 0.2) is 58.2 Å². The Morgan fingerprint density at radius 3 is 2.79 bits per heavy atom. The number of nitrogens with one attached hydrogen (secondary N) is 2. The van der Waals surface area contributed by atoms with Crippen LogP contribution in [0.5, 0.6) is 0 Å². The van der Waals surface area contributed by atoms with E-state index in [1.807, 2.05) is 36.1 Å². The van der Waals surface area contributed by atoms with Gasteiger partial charge in [-0.2, -0.15) is 20.1 Å². The number of amides is 1. The van der Waals surface area contributed by atoms with Crippen molar-refractivity contribution in [2.24, 2.45) is 5.10 Å². The van der Waals surface area contributed by atoms with Crippen molar-refractivity contribution in [1.29, 1.82) is 0 Å². The smallest absolute Gasteiger partial charge is 0.312 e. The van der Waals surface area contributed by atoms with Gasteiger partial charge in [0.15, 0.2) is 5.82 Å². The van der Waals surface area contributed by atoms with Crippen LogP contribution in [0.2, 0.25) is 0 Å². The molecular formula is C23H22N8O3. The number of carbonyl (C=O) groups excluding carboxylic acids is 1. The standard InChI is InChI=1S/C23H22N8O3/c1-15-5-4-6-16(13-15)14-25-30-23-28-19-18(20(29-23)31-9-11-33-12-10-31)34-22(27-19)21(32)26-17-7-2-3-8-24-17/h2-8,13-14H,9-12H2,1H3,(H,24,26,32)(H,28,29,30)/b25-14+. The minimum absolute atomic E-state index is 0.134. The minimum Gasteiger partial charge on any atom is -0.427 e. The van der Waals surface area contributed by atoms with Gasteiger partial charge in [0.25, 0.3) is 5.89 Å². The topological polar surface area (TPSA) is 131 Å². The second-order valence-electron chi connectivity index (χ2n) is 7.60. The van der Waals surface area contributed by atoms with Gasteiger partial charge in [-0.15, -0.1) is 0 Å². The first-order chi connectivity index (χ1) is 16.7. The molecule has 0 atom stereocenters. The summed E-state index contributed by atoms with van der Waals surface area (Å²) in [4.78, 5) is 32.1. The maximum atomic E-state index is 12.7. The third kappa shape index (κ3) is 4.84. The number of ether oxygens (including phenoxy) is 1. The summed E-state index contributed by atoms with van der Waals surface area (Å²) in [6.07, 6.45) is 3.27. The van der Waals surface area contributed by atoms with Crippen molar-refractivity contribution in [2.75, 3.05) is 41.9 Å². The molecular weight excluding hydrogens is 436 g/mol. The van der Waals surface area contributed by atoms with Crippen LogP contribution < -0.4 is 15.6 Å². The molecule has 1 saturated heterocycles. The van der Waals surface area contributed by atoms with Crippen molar-refractivity contribution in [3.63, 3.8) is 0 Å². The summed E-state index contributed by atoms with van der Waals surface area (Å²) < 4.78 is 11.3. The Bertz CT molecular complexity index is 1330. The molecule has 34 heavy (non-hydrogen) atoms. The average molecular weight is 458 g/mol. The highest BCUT2D eigenvalue weighted by molar-refractivity contribution is 6.02. The molecule has 0 unspecified atom stereocenters. The van der Waals surface area contributed by atoms with Crippen LogP contribution in [0.4, 0.5) is 17.6 Å². The second-order valence-corrected chi connectivity index (χ2v) is 7.60. The number of nitrogens with zero attached hydrogens (tertiary/aromatic N) is 6. The molecule has 0 bridgehead atoms. The number of hydrogen-bond donors (Lipinski definition) is 2. The van der Waals surface area contributed by atoms with E-state index in [1.165, 1.54) is 0 Å². The van der Waals surface area contributed by atoms with Gasteiger partial charge in [-0.1, -0.05) is 35.9 Å². The van der Waals surface area contributed by atoms with Crippen LogP contribution in [0.3, 0.4) is 0 Å². The highest BCUT2D eigenvalue weighted by Crippen LogP contribution is 2.27. The maximum Gasteiger partial charge on any atom is 0.312 e. The highest BCUT2D eigenvalue weighted by atomic mass is 16.5. The third-order valence-corrected chi connectivity index (χ3v) is 5.07. The normalized spacial score (nSPS) is 14.0. The van der Waals surface area contributed by atoms with Gasteiger partial charge in [0.1, 0.15) is 5.82 Å². The van der Waals surface area contributed by atoms with Crippen LogP contribution in [0.25, 0.3) is 11.2 Å². The molecule has 0 saturated carbocycles. The summed E-state index contributed by atoms with van der Waals surface area (Å²) >= 11 is 0. The maximum absolute atomic E-state index is 12.7. The highest BCUT2D eigenvalue weighted by Gasteiger charge is 2.24. The van der Waals surface area contributed by atoms with Gasteiger partial charge in [0.05, 0.1) is 19.4 Å². The lowest BCUT2D eigenvalue weighted by molar-refractivity contribution is 0.0991. The molecule has 0 radical (unpaired) electrons. The largest absolute Gasteiger partial charge is 0.427 e. The number of benzene rings is 1. The Labute approximate surface area is 194 Å². The van der Waals surface area contributed by atoms with Crippen molar-refractivity contribution in [2.45, 2.75) is 6.92 Å². The Hall–Kier alpha value is -4.38. The Morgan fingerprint density at radius 2 is 2.00 bits per heavy atom. The minimum atomic E-state index is -0.531. The van der Waals surface area contributed by atoms with E-state index in [0.717, 1.165) is 11.1 Å². The fourth-order valence-electron chi connectivity index (χ4n) is 3.47. The third-order valence-electron chi connectivity index (χ3n) is 5.07. The molecule has 2 N–H and O–H groups in total. The number of aromatic nitrogens is 4. The van der Waals surface area contributed by atoms with Crippen molar-refractivity contribution in [3.05, 3.63) is 65.7 Å². The Balaban J connectivity index is 1.45. The molecule has 1 aromatic carbocycles. The quantitative estimate of drug-likeness (QED) is 0.331. The number of hydrogen-bond acceptors (Lipinski definition) is 10. The molecule has 0 spiro atoms. The Kier molecular flexibility index (Phi) is 6.08. The fourth-order valence-corrected chi connectivity index (χ4v) is 3.47. The molecule has 1 aliphatic rings. The number of pyridine rings is 1. The van der Waals surface area contributed by atoms with Gasteiger partial charge in [0, 0.05) is 19.3 Å². The number of aryl methyl sites for hydroxylation is 1. The molecule has 3 aromatic heterocycles. The lowest BCUT2D eigenvalue weighted by atomic mass is 10.2. The molecule has 4 aromatic rings. The number of hydrazone groups is 1. The van der Waals surface area contributed by atoms with E-state index in [9.17, 15) is 4.79 Å². The predicted octanol–water partition coefficient (Wildman–Crippen LogP) is 2.86. The lowest BCUT2D eigenvalue weighted by Crippen LogP contribution is -2.37. The van der Waals surface area contributed by atoms with Crippen LogP contribution in [-0.2, 0) is 4.74 Å². The Morgan fingerprint density at radius 1 is 1.12 bits per heavy atom. The van der Waals surface area contributed by atoms with E-state index in [1.54, 1.807) is 30.6 Å².